The fourth-order valence-corrected chi connectivity index (χ4v) is 2.46. The summed E-state index contributed by atoms with van der Waals surface area (Å²) in [6, 6.07) is 16.8. The molecule has 0 saturated carbocycles. The smallest absolute Gasteiger partial charge is 0.270 e. The Labute approximate surface area is 138 Å². The van der Waals surface area contributed by atoms with Crippen LogP contribution >= 0.6 is 0 Å². The predicted octanol–water partition coefficient (Wildman–Crippen LogP) is 4.27. The number of hydrogen-bond acceptors (Lipinski definition) is 4. The second-order valence-electron chi connectivity index (χ2n) is 5.21. The average molecular weight is 320 g/mol. The quantitative estimate of drug-likeness (QED) is 0.441. The molecule has 2 heterocycles. The van der Waals surface area contributed by atoms with Crippen LogP contribution in [0.25, 0.3) is 21.8 Å². The molecule has 0 fully saturated rings. The van der Waals surface area contributed by atoms with Gasteiger partial charge in [-0.05, 0) is 24.6 Å². The summed E-state index contributed by atoms with van der Waals surface area (Å²) in [6.07, 6.45) is 2.57. The SMILES string of the molecule is CCc1n[nH]c2ccc([N+](=O)[O-])cc12.c1ccc2ncccc2c1. The molecule has 0 aliphatic heterocycles. The number of nitro groups is 1. The van der Waals surface area contributed by atoms with Gasteiger partial charge in [-0.3, -0.25) is 20.2 Å². The molecule has 6 nitrogen and oxygen atoms in total. The Kier molecular flexibility index (Phi) is 4.47. The summed E-state index contributed by atoms with van der Waals surface area (Å²) < 4.78 is 0. The first kappa shape index (κ1) is 15.6. The highest BCUT2D eigenvalue weighted by molar-refractivity contribution is 5.83. The summed E-state index contributed by atoms with van der Waals surface area (Å²) in [7, 11) is 0. The third kappa shape index (κ3) is 3.22. The van der Waals surface area contributed by atoms with Gasteiger partial charge in [0.05, 0.1) is 21.7 Å². The van der Waals surface area contributed by atoms with Gasteiger partial charge in [-0.1, -0.05) is 31.2 Å². The molecule has 0 radical (unpaired) electrons. The molecule has 2 aromatic carbocycles. The largest absolute Gasteiger partial charge is 0.278 e. The Balaban J connectivity index is 0.000000149. The summed E-state index contributed by atoms with van der Waals surface area (Å²) in [5.41, 5.74) is 2.87. The van der Waals surface area contributed by atoms with E-state index in [1.165, 1.54) is 11.5 Å². The maximum atomic E-state index is 10.5. The van der Waals surface area contributed by atoms with Crippen LogP contribution in [0.5, 0.6) is 0 Å². The number of pyridine rings is 1. The van der Waals surface area contributed by atoms with Crippen LogP contribution in [-0.4, -0.2) is 20.1 Å². The van der Waals surface area contributed by atoms with Crippen molar-refractivity contribution in [2.45, 2.75) is 13.3 Å². The lowest BCUT2D eigenvalue weighted by Crippen LogP contribution is -1.87. The zero-order chi connectivity index (χ0) is 16.9. The summed E-state index contributed by atoms with van der Waals surface area (Å²) >= 11 is 0. The van der Waals surface area contributed by atoms with Crippen LogP contribution in [0.2, 0.25) is 0 Å². The van der Waals surface area contributed by atoms with Crippen LogP contribution < -0.4 is 0 Å². The van der Waals surface area contributed by atoms with Gasteiger partial charge in [0.15, 0.2) is 0 Å². The van der Waals surface area contributed by atoms with E-state index in [-0.39, 0.29) is 5.69 Å². The molecule has 4 aromatic rings. The lowest BCUT2D eigenvalue weighted by molar-refractivity contribution is -0.384. The Morgan fingerprint density at radius 1 is 1.12 bits per heavy atom. The molecule has 120 valence electrons. The van der Waals surface area contributed by atoms with Gasteiger partial charge in [0.1, 0.15) is 0 Å². The van der Waals surface area contributed by atoms with Crippen LogP contribution in [0.4, 0.5) is 5.69 Å². The molecule has 4 rings (SSSR count). The van der Waals surface area contributed by atoms with E-state index in [1.54, 1.807) is 12.1 Å². The Bertz CT molecular complexity index is 929. The van der Waals surface area contributed by atoms with Gasteiger partial charge in [0.2, 0.25) is 0 Å². The van der Waals surface area contributed by atoms with Gasteiger partial charge in [0, 0.05) is 29.1 Å². The number of hydrogen-bond donors (Lipinski definition) is 1. The number of aryl methyl sites for hydroxylation is 1. The highest BCUT2D eigenvalue weighted by atomic mass is 16.6. The topological polar surface area (TPSA) is 84.7 Å². The van der Waals surface area contributed by atoms with Crippen molar-refractivity contribution in [1.82, 2.24) is 15.2 Å². The minimum absolute atomic E-state index is 0.105. The van der Waals surface area contributed by atoms with Crippen molar-refractivity contribution < 1.29 is 4.92 Å². The molecule has 6 heteroatoms. The number of non-ortho nitro benzene ring substituents is 1. The summed E-state index contributed by atoms with van der Waals surface area (Å²) in [5.74, 6) is 0. The average Bonchev–Trinajstić information content (AvgIpc) is 3.04. The normalized spacial score (nSPS) is 10.4. The van der Waals surface area contributed by atoms with Crippen LogP contribution in [0, 0.1) is 10.1 Å². The predicted molar refractivity (Wildman–Crippen MR) is 93.9 cm³/mol. The summed E-state index contributed by atoms with van der Waals surface area (Å²) in [6.45, 7) is 1.97. The number of para-hydroxylation sites is 1. The van der Waals surface area contributed by atoms with Crippen molar-refractivity contribution >= 4 is 27.5 Å². The molecule has 24 heavy (non-hydrogen) atoms. The minimum atomic E-state index is -0.397. The van der Waals surface area contributed by atoms with Gasteiger partial charge in [0.25, 0.3) is 5.69 Å². The van der Waals surface area contributed by atoms with Crippen LogP contribution in [0.3, 0.4) is 0 Å². The third-order valence-corrected chi connectivity index (χ3v) is 3.68. The zero-order valence-electron chi connectivity index (χ0n) is 13.1. The molecular formula is C18H16N4O2. The van der Waals surface area contributed by atoms with Gasteiger partial charge < -0.3 is 0 Å². The van der Waals surface area contributed by atoms with Crippen molar-refractivity contribution in [3.8, 4) is 0 Å². The van der Waals surface area contributed by atoms with E-state index >= 15 is 0 Å². The maximum Gasteiger partial charge on any atom is 0.270 e. The molecular weight excluding hydrogens is 304 g/mol. The molecule has 0 aliphatic rings. The van der Waals surface area contributed by atoms with E-state index in [0.29, 0.717) is 0 Å². The molecule has 0 aliphatic carbocycles. The number of fused-ring (bicyclic) bond motifs is 2. The van der Waals surface area contributed by atoms with Crippen molar-refractivity contribution in [1.29, 1.82) is 0 Å². The van der Waals surface area contributed by atoms with Crippen molar-refractivity contribution in [3.05, 3.63) is 76.6 Å². The second kappa shape index (κ2) is 6.87. The lowest BCUT2D eigenvalue weighted by atomic mass is 10.1. The van der Waals surface area contributed by atoms with E-state index < -0.39 is 4.92 Å². The molecule has 0 amide bonds. The molecule has 0 unspecified atom stereocenters. The number of aromatic amines is 1. The summed E-state index contributed by atoms with van der Waals surface area (Å²) in [5, 5.41) is 19.5. The number of H-pyrrole nitrogens is 1. The summed E-state index contributed by atoms with van der Waals surface area (Å²) in [4.78, 5) is 14.3. The Morgan fingerprint density at radius 3 is 2.67 bits per heavy atom. The van der Waals surface area contributed by atoms with Gasteiger partial charge >= 0.3 is 0 Å². The van der Waals surface area contributed by atoms with Crippen molar-refractivity contribution in [2.24, 2.45) is 0 Å². The van der Waals surface area contributed by atoms with Crippen LogP contribution in [0.1, 0.15) is 12.6 Å². The first-order chi connectivity index (χ1) is 11.7. The molecule has 1 N–H and O–H groups in total. The van der Waals surface area contributed by atoms with Crippen LogP contribution in [0.15, 0.2) is 60.8 Å². The van der Waals surface area contributed by atoms with Crippen LogP contribution in [-0.2, 0) is 6.42 Å². The monoisotopic (exact) mass is 320 g/mol. The Morgan fingerprint density at radius 2 is 1.92 bits per heavy atom. The molecule has 0 bridgehead atoms. The number of rotatable bonds is 2. The maximum absolute atomic E-state index is 10.5. The van der Waals surface area contributed by atoms with E-state index in [4.69, 9.17) is 0 Å². The highest BCUT2D eigenvalue weighted by Crippen LogP contribution is 2.22. The number of nitrogens with zero attached hydrogens (tertiary/aromatic N) is 3. The minimum Gasteiger partial charge on any atom is -0.278 e. The molecule has 0 saturated heterocycles. The van der Waals surface area contributed by atoms with Crippen molar-refractivity contribution in [3.63, 3.8) is 0 Å². The fraction of sp³-hybridized carbons (Fsp3) is 0.111. The standard InChI is InChI=1S/C9H9N3O2.C9H7N/c1-2-8-7-5-6(12(13)14)3-4-9(7)11-10-8;1-2-6-9-8(4-1)5-3-7-10-9/h3-5H,2H2,1H3,(H,10,11);1-7H. The van der Waals surface area contributed by atoms with E-state index in [0.717, 1.165) is 28.5 Å². The van der Waals surface area contributed by atoms with E-state index in [1.807, 2.05) is 37.4 Å². The number of benzene rings is 2. The van der Waals surface area contributed by atoms with E-state index in [9.17, 15) is 10.1 Å². The number of nitrogens with one attached hydrogen (secondary N) is 1. The zero-order valence-corrected chi connectivity index (χ0v) is 13.1. The van der Waals surface area contributed by atoms with Gasteiger partial charge in [-0.15, -0.1) is 0 Å². The second-order valence-corrected chi connectivity index (χ2v) is 5.21. The Hall–Kier alpha value is -3.28. The van der Waals surface area contributed by atoms with Crippen molar-refractivity contribution in [2.75, 3.05) is 0 Å². The molecule has 0 atom stereocenters. The fourth-order valence-electron chi connectivity index (χ4n) is 2.46. The lowest BCUT2D eigenvalue weighted by Gasteiger charge is -1.92. The number of aromatic nitrogens is 3. The van der Waals surface area contributed by atoms with Gasteiger partial charge in [-0.2, -0.15) is 5.10 Å². The first-order valence-corrected chi connectivity index (χ1v) is 7.60. The van der Waals surface area contributed by atoms with E-state index in [2.05, 4.69) is 27.3 Å². The highest BCUT2D eigenvalue weighted by Gasteiger charge is 2.10. The number of nitro benzene ring substituents is 1. The third-order valence-electron chi connectivity index (χ3n) is 3.68. The first-order valence-electron chi connectivity index (χ1n) is 7.60. The molecule has 0 spiro atoms. The molecule has 2 aromatic heterocycles. The van der Waals surface area contributed by atoms with Gasteiger partial charge in [-0.25, -0.2) is 0 Å².